The van der Waals surface area contributed by atoms with Crippen molar-refractivity contribution in [3.05, 3.63) is 33.5 Å². The minimum atomic E-state index is -0.641. The molecule has 1 aliphatic rings. The first-order chi connectivity index (χ1) is 11.9. The van der Waals surface area contributed by atoms with E-state index in [9.17, 15) is 9.90 Å². The molecular weight excluding hydrogens is 340 g/mol. The van der Waals surface area contributed by atoms with Crippen LogP contribution in [0.2, 0.25) is 0 Å². The van der Waals surface area contributed by atoms with Gasteiger partial charge in [-0.3, -0.25) is 9.69 Å². The molecule has 2 atom stereocenters. The predicted molar refractivity (Wildman–Crippen MR) is 95.2 cm³/mol. The summed E-state index contributed by atoms with van der Waals surface area (Å²) in [5.41, 5.74) is 7.46. The highest BCUT2D eigenvalue weighted by Crippen LogP contribution is 2.16. The van der Waals surface area contributed by atoms with E-state index in [1.54, 1.807) is 24.3 Å². The Balaban J connectivity index is 1.57. The van der Waals surface area contributed by atoms with Crippen molar-refractivity contribution in [1.29, 1.82) is 0 Å². The average Bonchev–Trinajstić information content (AvgIpc) is 2.94. The molecule has 25 heavy (non-hydrogen) atoms. The van der Waals surface area contributed by atoms with Crippen LogP contribution < -0.4 is 11.1 Å². The Kier molecular flexibility index (Phi) is 5.26. The molecule has 1 fully saturated rings. The number of piperidine rings is 1. The summed E-state index contributed by atoms with van der Waals surface area (Å²) in [6.45, 7) is 5.72. The molecule has 0 spiro atoms. The van der Waals surface area contributed by atoms with Crippen LogP contribution in [-0.4, -0.2) is 56.1 Å². The summed E-state index contributed by atoms with van der Waals surface area (Å²) in [7, 11) is 0. The van der Waals surface area contributed by atoms with Gasteiger partial charge in [0.1, 0.15) is 5.69 Å². The van der Waals surface area contributed by atoms with Gasteiger partial charge in [0, 0.05) is 30.7 Å². The monoisotopic (exact) mass is 362 g/mol. The van der Waals surface area contributed by atoms with Gasteiger partial charge in [-0.25, -0.2) is 15.0 Å². The second-order valence-corrected chi connectivity index (χ2v) is 7.34. The molecule has 9 heteroatoms. The molecule has 0 aliphatic carbocycles. The highest BCUT2D eigenvalue weighted by Gasteiger charge is 2.29. The number of aliphatic hydroxyl groups excluding tert-OH is 1. The number of aromatic nitrogens is 3. The van der Waals surface area contributed by atoms with Crippen molar-refractivity contribution in [3.8, 4) is 0 Å². The van der Waals surface area contributed by atoms with E-state index in [2.05, 4.69) is 25.2 Å². The largest absolute Gasteiger partial charge is 0.390 e. The topological polar surface area (TPSA) is 117 Å². The van der Waals surface area contributed by atoms with Crippen LogP contribution in [-0.2, 0) is 6.54 Å². The van der Waals surface area contributed by atoms with Gasteiger partial charge in [0.15, 0.2) is 0 Å². The molecule has 0 aromatic carbocycles. The maximum atomic E-state index is 12.3. The van der Waals surface area contributed by atoms with E-state index in [-0.39, 0.29) is 23.6 Å². The van der Waals surface area contributed by atoms with Gasteiger partial charge in [-0.2, -0.15) is 0 Å². The summed E-state index contributed by atoms with van der Waals surface area (Å²) in [6.07, 6.45) is 0.0213. The number of nitrogen functional groups attached to an aromatic ring is 1. The third-order valence-electron chi connectivity index (χ3n) is 4.14. The quantitative estimate of drug-likeness (QED) is 0.725. The van der Waals surface area contributed by atoms with E-state index >= 15 is 0 Å². The highest BCUT2D eigenvalue weighted by molar-refractivity contribution is 7.09. The Bertz CT molecular complexity index is 745. The Labute approximate surface area is 150 Å². The summed E-state index contributed by atoms with van der Waals surface area (Å²) in [6, 6.07) is 1.27. The third kappa shape index (κ3) is 4.50. The number of carbonyl (C=O) groups is 1. The molecule has 0 saturated carbocycles. The average molecular weight is 362 g/mol. The summed E-state index contributed by atoms with van der Waals surface area (Å²) in [4.78, 5) is 26.9. The number of rotatable bonds is 4. The number of anilines is 1. The van der Waals surface area contributed by atoms with E-state index in [4.69, 9.17) is 5.73 Å². The first-order valence-electron chi connectivity index (χ1n) is 8.14. The summed E-state index contributed by atoms with van der Waals surface area (Å²) in [5, 5.41) is 16.3. The number of hydrogen-bond donors (Lipinski definition) is 3. The fourth-order valence-electron chi connectivity index (χ4n) is 2.97. The number of amides is 1. The second-order valence-electron chi connectivity index (χ2n) is 6.28. The maximum absolute atomic E-state index is 12.3. The molecule has 134 valence electrons. The molecule has 2 aromatic heterocycles. The molecule has 0 radical (unpaired) electrons. The van der Waals surface area contributed by atoms with E-state index in [1.165, 1.54) is 0 Å². The van der Waals surface area contributed by atoms with Gasteiger partial charge in [0.05, 0.1) is 22.8 Å². The SMILES string of the molecule is Cc1cc(C(=O)N[C@H]2CCN(Cc3csc(C)n3)C[C@@H]2O)nc(N)n1. The fraction of sp³-hybridized carbons (Fsp3) is 0.500. The van der Waals surface area contributed by atoms with Crippen LogP contribution in [0.25, 0.3) is 0 Å². The van der Waals surface area contributed by atoms with Gasteiger partial charge in [-0.15, -0.1) is 11.3 Å². The summed E-state index contributed by atoms with van der Waals surface area (Å²) < 4.78 is 0. The second kappa shape index (κ2) is 7.42. The summed E-state index contributed by atoms with van der Waals surface area (Å²) >= 11 is 1.62. The summed E-state index contributed by atoms with van der Waals surface area (Å²) in [5.74, 6) is -0.274. The van der Waals surface area contributed by atoms with Gasteiger partial charge in [-0.1, -0.05) is 0 Å². The van der Waals surface area contributed by atoms with E-state index in [0.717, 1.165) is 17.2 Å². The van der Waals surface area contributed by atoms with Crippen molar-refractivity contribution in [2.45, 2.75) is 39.0 Å². The lowest BCUT2D eigenvalue weighted by atomic mass is 10.0. The number of likely N-dealkylation sites (tertiary alicyclic amines) is 1. The Morgan fingerprint density at radius 3 is 2.88 bits per heavy atom. The number of thiazole rings is 1. The van der Waals surface area contributed by atoms with Gasteiger partial charge in [0.2, 0.25) is 5.95 Å². The zero-order valence-electron chi connectivity index (χ0n) is 14.3. The van der Waals surface area contributed by atoms with Crippen molar-refractivity contribution < 1.29 is 9.90 Å². The normalized spacial score (nSPS) is 21.2. The van der Waals surface area contributed by atoms with Crippen LogP contribution in [0.3, 0.4) is 0 Å². The van der Waals surface area contributed by atoms with E-state index in [1.807, 2.05) is 12.3 Å². The minimum Gasteiger partial charge on any atom is -0.390 e. The van der Waals surface area contributed by atoms with Gasteiger partial charge >= 0.3 is 0 Å². The molecule has 0 bridgehead atoms. The van der Waals surface area contributed by atoms with Gasteiger partial charge in [-0.05, 0) is 26.3 Å². The maximum Gasteiger partial charge on any atom is 0.270 e. The molecule has 1 saturated heterocycles. The van der Waals surface area contributed by atoms with Crippen LogP contribution in [0, 0.1) is 13.8 Å². The lowest BCUT2D eigenvalue weighted by Crippen LogP contribution is -2.53. The molecule has 8 nitrogen and oxygen atoms in total. The molecule has 3 rings (SSSR count). The Morgan fingerprint density at radius 2 is 2.24 bits per heavy atom. The standard InChI is InChI=1S/C16H22N6O2S/c1-9-5-13(21-16(17)18-9)15(24)20-12-3-4-22(7-14(12)23)6-11-8-25-10(2)19-11/h5,8,12,14,23H,3-4,6-7H2,1-2H3,(H,20,24)(H2,17,18,21)/t12-,14-/m0/s1. The number of nitrogens with one attached hydrogen (secondary N) is 1. The molecule has 1 amide bonds. The highest BCUT2D eigenvalue weighted by atomic mass is 32.1. The van der Waals surface area contributed by atoms with Crippen molar-refractivity contribution in [2.75, 3.05) is 18.8 Å². The lowest BCUT2D eigenvalue weighted by molar-refractivity contribution is 0.0344. The van der Waals surface area contributed by atoms with Crippen molar-refractivity contribution in [1.82, 2.24) is 25.2 Å². The molecule has 1 aliphatic heterocycles. The molecule has 0 unspecified atom stereocenters. The number of β-amino-alcohol motifs (C(OH)–C–C–N with tert-alkyl or cyclic N) is 1. The number of aliphatic hydroxyl groups is 1. The Hall–Kier alpha value is -2.10. The van der Waals surface area contributed by atoms with Crippen molar-refractivity contribution in [2.24, 2.45) is 0 Å². The smallest absolute Gasteiger partial charge is 0.270 e. The number of nitrogens with zero attached hydrogens (tertiary/aromatic N) is 4. The fourth-order valence-corrected chi connectivity index (χ4v) is 3.57. The number of carbonyl (C=O) groups excluding carboxylic acids is 1. The number of aryl methyl sites for hydroxylation is 2. The van der Waals surface area contributed by atoms with Crippen LogP contribution in [0.15, 0.2) is 11.4 Å². The van der Waals surface area contributed by atoms with Crippen LogP contribution >= 0.6 is 11.3 Å². The predicted octanol–water partition coefficient (Wildman–Crippen LogP) is 0.497. The van der Waals surface area contributed by atoms with Crippen molar-refractivity contribution >= 4 is 23.2 Å². The third-order valence-corrected chi connectivity index (χ3v) is 4.96. The van der Waals surface area contributed by atoms with Gasteiger partial charge < -0.3 is 16.2 Å². The first kappa shape index (κ1) is 17.7. The zero-order chi connectivity index (χ0) is 18.0. The minimum absolute atomic E-state index is 0.0686. The molecule has 4 N–H and O–H groups in total. The lowest BCUT2D eigenvalue weighted by Gasteiger charge is -2.35. The van der Waals surface area contributed by atoms with E-state index in [0.29, 0.717) is 25.2 Å². The zero-order valence-corrected chi connectivity index (χ0v) is 15.1. The Morgan fingerprint density at radius 1 is 1.44 bits per heavy atom. The van der Waals surface area contributed by atoms with Crippen molar-refractivity contribution in [3.63, 3.8) is 0 Å². The van der Waals surface area contributed by atoms with E-state index < -0.39 is 6.10 Å². The molecule has 2 aromatic rings. The van der Waals surface area contributed by atoms with Crippen LogP contribution in [0.1, 0.15) is 33.3 Å². The number of hydrogen-bond acceptors (Lipinski definition) is 8. The van der Waals surface area contributed by atoms with Gasteiger partial charge in [0.25, 0.3) is 5.91 Å². The molecule has 3 heterocycles. The first-order valence-corrected chi connectivity index (χ1v) is 9.02. The van der Waals surface area contributed by atoms with Crippen LogP contribution in [0.5, 0.6) is 0 Å². The number of nitrogens with two attached hydrogens (primary N) is 1. The van der Waals surface area contributed by atoms with Crippen LogP contribution in [0.4, 0.5) is 5.95 Å². The molecular formula is C16H22N6O2S.